The van der Waals surface area contributed by atoms with E-state index >= 15 is 0 Å². The molecule has 1 amide bonds. The van der Waals surface area contributed by atoms with Gasteiger partial charge in [0.05, 0.1) is 17.3 Å². The number of nitrogens with zero attached hydrogens (tertiary/aromatic N) is 1. The van der Waals surface area contributed by atoms with Crippen molar-refractivity contribution in [3.8, 4) is 5.75 Å². The van der Waals surface area contributed by atoms with Crippen molar-refractivity contribution >= 4 is 17.4 Å². The Bertz CT molecular complexity index is 724. The van der Waals surface area contributed by atoms with Crippen LogP contribution in [0.25, 0.3) is 0 Å². The fourth-order valence-corrected chi connectivity index (χ4v) is 2.86. The Hall–Kier alpha value is -2.62. The van der Waals surface area contributed by atoms with Crippen LogP contribution < -0.4 is 9.64 Å². The van der Waals surface area contributed by atoms with Crippen LogP contribution in [0.1, 0.15) is 22.0 Å². The van der Waals surface area contributed by atoms with Gasteiger partial charge in [-0.3, -0.25) is 14.5 Å². The molecule has 2 aliphatic heterocycles. The van der Waals surface area contributed by atoms with Gasteiger partial charge in [-0.1, -0.05) is 36.4 Å². The summed E-state index contributed by atoms with van der Waals surface area (Å²) in [5.41, 5.74) is 2.02. The smallest absolute Gasteiger partial charge is 0.300 e. The lowest BCUT2D eigenvalue weighted by molar-refractivity contribution is -0.115. The SMILES string of the molecule is O=C1C(=O)N2c3c(cccc31)OCC2c1ccccc1. The van der Waals surface area contributed by atoms with E-state index < -0.39 is 11.7 Å². The maximum atomic E-state index is 12.3. The Balaban J connectivity index is 1.90. The predicted molar refractivity (Wildman–Crippen MR) is 72.9 cm³/mol. The second kappa shape index (κ2) is 3.93. The second-order valence-electron chi connectivity index (χ2n) is 4.89. The summed E-state index contributed by atoms with van der Waals surface area (Å²) in [5, 5.41) is 0. The monoisotopic (exact) mass is 265 g/mol. The molecule has 0 saturated carbocycles. The molecule has 98 valence electrons. The van der Waals surface area contributed by atoms with Gasteiger partial charge in [0.15, 0.2) is 0 Å². The van der Waals surface area contributed by atoms with Crippen LogP contribution in [0.3, 0.4) is 0 Å². The fraction of sp³-hybridized carbons (Fsp3) is 0.125. The summed E-state index contributed by atoms with van der Waals surface area (Å²) in [5.74, 6) is -0.313. The molecular weight excluding hydrogens is 254 g/mol. The molecule has 4 heteroatoms. The number of rotatable bonds is 1. The van der Waals surface area contributed by atoms with E-state index in [4.69, 9.17) is 4.74 Å². The molecular formula is C16H11NO3. The van der Waals surface area contributed by atoms with Gasteiger partial charge in [0.2, 0.25) is 0 Å². The first-order chi connectivity index (χ1) is 9.77. The highest BCUT2D eigenvalue weighted by atomic mass is 16.5. The van der Waals surface area contributed by atoms with E-state index in [1.54, 1.807) is 23.1 Å². The minimum absolute atomic E-state index is 0.246. The minimum Gasteiger partial charge on any atom is -0.489 e. The number of carbonyl (C=O) groups excluding carboxylic acids is 2. The predicted octanol–water partition coefficient (Wildman–Crippen LogP) is 2.35. The Kier molecular flexibility index (Phi) is 2.21. The summed E-state index contributed by atoms with van der Waals surface area (Å²) >= 11 is 0. The van der Waals surface area contributed by atoms with Gasteiger partial charge >= 0.3 is 0 Å². The third-order valence-corrected chi connectivity index (χ3v) is 3.79. The largest absolute Gasteiger partial charge is 0.489 e. The van der Waals surface area contributed by atoms with Crippen molar-refractivity contribution in [3.05, 3.63) is 59.7 Å². The standard InChI is InChI=1S/C16H11NO3/c18-15-11-7-4-8-13-14(11)17(16(15)19)12(9-20-13)10-5-2-1-3-6-10/h1-8,12H,9H2. The van der Waals surface area contributed by atoms with E-state index in [0.717, 1.165) is 5.56 Å². The van der Waals surface area contributed by atoms with Crippen LogP contribution in [0.5, 0.6) is 5.75 Å². The molecule has 0 aromatic heterocycles. The van der Waals surface area contributed by atoms with Crippen molar-refractivity contribution in [3.63, 3.8) is 0 Å². The molecule has 0 bridgehead atoms. The molecule has 0 saturated heterocycles. The van der Waals surface area contributed by atoms with Crippen molar-refractivity contribution < 1.29 is 14.3 Å². The molecule has 0 aliphatic carbocycles. The Labute approximate surface area is 115 Å². The molecule has 2 aliphatic rings. The number of anilines is 1. The first-order valence-electron chi connectivity index (χ1n) is 6.46. The second-order valence-corrected chi connectivity index (χ2v) is 4.89. The van der Waals surface area contributed by atoms with Gasteiger partial charge in [-0.25, -0.2) is 0 Å². The van der Waals surface area contributed by atoms with Crippen LogP contribution in [0.15, 0.2) is 48.5 Å². The van der Waals surface area contributed by atoms with E-state index in [1.807, 2.05) is 30.3 Å². The third-order valence-electron chi connectivity index (χ3n) is 3.79. The highest BCUT2D eigenvalue weighted by Gasteiger charge is 2.44. The maximum absolute atomic E-state index is 12.3. The normalized spacial score (nSPS) is 19.8. The fourth-order valence-electron chi connectivity index (χ4n) is 2.86. The van der Waals surface area contributed by atoms with E-state index in [2.05, 4.69) is 0 Å². The molecule has 1 unspecified atom stereocenters. The van der Waals surface area contributed by atoms with E-state index in [1.165, 1.54) is 0 Å². The van der Waals surface area contributed by atoms with E-state index in [-0.39, 0.29) is 6.04 Å². The number of hydrogen-bond donors (Lipinski definition) is 0. The molecule has 0 radical (unpaired) electrons. The number of ketones is 1. The van der Waals surface area contributed by atoms with Crippen LogP contribution in [0.2, 0.25) is 0 Å². The number of carbonyl (C=O) groups is 2. The van der Waals surface area contributed by atoms with Crippen LogP contribution in [-0.4, -0.2) is 18.3 Å². The zero-order valence-corrected chi connectivity index (χ0v) is 10.6. The van der Waals surface area contributed by atoms with Gasteiger partial charge in [0.25, 0.3) is 11.7 Å². The molecule has 20 heavy (non-hydrogen) atoms. The van der Waals surface area contributed by atoms with E-state index in [0.29, 0.717) is 23.6 Å². The van der Waals surface area contributed by atoms with Crippen LogP contribution in [0, 0.1) is 0 Å². The molecule has 4 rings (SSSR count). The number of para-hydroxylation sites is 1. The Morgan fingerprint density at radius 3 is 2.60 bits per heavy atom. The topological polar surface area (TPSA) is 46.6 Å². The van der Waals surface area contributed by atoms with Gasteiger partial charge in [-0.05, 0) is 17.7 Å². The first kappa shape index (κ1) is 11.2. The van der Waals surface area contributed by atoms with Gasteiger partial charge in [-0.2, -0.15) is 0 Å². The van der Waals surface area contributed by atoms with Crippen molar-refractivity contribution in [2.45, 2.75) is 6.04 Å². The lowest BCUT2D eigenvalue weighted by atomic mass is 10.0. The highest BCUT2D eigenvalue weighted by molar-refractivity contribution is 6.52. The molecule has 1 atom stereocenters. The van der Waals surface area contributed by atoms with Crippen molar-refractivity contribution in [2.24, 2.45) is 0 Å². The van der Waals surface area contributed by atoms with Crippen molar-refractivity contribution in [1.29, 1.82) is 0 Å². The van der Waals surface area contributed by atoms with Gasteiger partial charge in [-0.15, -0.1) is 0 Å². The van der Waals surface area contributed by atoms with Crippen LogP contribution >= 0.6 is 0 Å². The minimum atomic E-state index is -0.468. The third kappa shape index (κ3) is 1.36. The highest BCUT2D eigenvalue weighted by Crippen LogP contribution is 2.45. The summed E-state index contributed by atoms with van der Waals surface area (Å²) < 4.78 is 5.73. The number of ether oxygens (including phenoxy) is 1. The molecule has 0 fully saturated rings. The summed E-state index contributed by atoms with van der Waals surface area (Å²) in [6, 6.07) is 14.6. The summed E-state index contributed by atoms with van der Waals surface area (Å²) in [6.45, 7) is 0.361. The molecule has 2 heterocycles. The van der Waals surface area contributed by atoms with E-state index in [9.17, 15) is 9.59 Å². The zero-order valence-electron chi connectivity index (χ0n) is 10.6. The lowest BCUT2D eigenvalue weighted by Gasteiger charge is -2.33. The average molecular weight is 265 g/mol. The number of amides is 1. The molecule has 2 aromatic rings. The Morgan fingerprint density at radius 1 is 1.00 bits per heavy atom. The number of hydrogen-bond acceptors (Lipinski definition) is 3. The molecule has 0 spiro atoms. The first-order valence-corrected chi connectivity index (χ1v) is 6.46. The Morgan fingerprint density at radius 2 is 1.80 bits per heavy atom. The van der Waals surface area contributed by atoms with Gasteiger partial charge in [0.1, 0.15) is 12.4 Å². The maximum Gasteiger partial charge on any atom is 0.300 e. The lowest BCUT2D eigenvalue weighted by Crippen LogP contribution is -2.39. The van der Waals surface area contributed by atoms with Gasteiger partial charge in [0, 0.05) is 0 Å². The average Bonchev–Trinajstić information content (AvgIpc) is 2.76. The zero-order chi connectivity index (χ0) is 13.7. The molecule has 4 nitrogen and oxygen atoms in total. The summed E-state index contributed by atoms with van der Waals surface area (Å²) in [4.78, 5) is 25.9. The molecule has 0 N–H and O–H groups in total. The summed E-state index contributed by atoms with van der Waals surface area (Å²) in [7, 11) is 0. The number of Topliss-reactive ketones (excluding diaryl/α,β-unsaturated/α-hetero) is 1. The van der Waals surface area contributed by atoms with Gasteiger partial charge < -0.3 is 4.74 Å². The van der Waals surface area contributed by atoms with Crippen molar-refractivity contribution in [2.75, 3.05) is 11.5 Å². The van der Waals surface area contributed by atoms with Crippen LogP contribution in [-0.2, 0) is 4.79 Å². The van der Waals surface area contributed by atoms with Crippen LogP contribution in [0.4, 0.5) is 5.69 Å². The van der Waals surface area contributed by atoms with Crippen molar-refractivity contribution in [1.82, 2.24) is 0 Å². The quantitative estimate of drug-likeness (QED) is 0.743. The summed E-state index contributed by atoms with van der Waals surface area (Å²) in [6.07, 6.45) is 0. The molecule has 2 aromatic carbocycles. The number of benzene rings is 2.